The molecule has 4 nitrogen and oxygen atoms in total. The summed E-state index contributed by atoms with van der Waals surface area (Å²) in [6.07, 6.45) is 5.73. The normalized spacial score (nSPS) is 25.0. The number of halogens is 1. The molecule has 1 saturated carbocycles. The van der Waals surface area contributed by atoms with Crippen LogP contribution in [0.15, 0.2) is 0 Å². The third-order valence-corrected chi connectivity index (χ3v) is 4.34. The number of thiazole rings is 1. The van der Waals surface area contributed by atoms with Gasteiger partial charge in [-0.3, -0.25) is 0 Å². The van der Waals surface area contributed by atoms with Crippen LogP contribution in [0.2, 0.25) is 5.15 Å². The molecule has 3 N–H and O–H groups in total. The SMILES string of the molecule is N#Cc1sc(NC2CCCCCC2N)nc1Cl. The molecular formula is C11H15ClN4S. The van der Waals surface area contributed by atoms with E-state index >= 15 is 0 Å². The number of anilines is 1. The molecule has 1 aromatic heterocycles. The number of aromatic nitrogens is 1. The van der Waals surface area contributed by atoms with Gasteiger partial charge in [-0.25, -0.2) is 4.98 Å². The van der Waals surface area contributed by atoms with E-state index < -0.39 is 0 Å². The molecule has 1 aliphatic carbocycles. The van der Waals surface area contributed by atoms with E-state index in [1.807, 2.05) is 6.07 Å². The van der Waals surface area contributed by atoms with Crippen molar-refractivity contribution < 1.29 is 0 Å². The minimum Gasteiger partial charge on any atom is -0.357 e. The molecule has 92 valence electrons. The number of nitrogens with one attached hydrogen (secondary N) is 1. The molecule has 1 fully saturated rings. The van der Waals surface area contributed by atoms with Gasteiger partial charge in [0.05, 0.1) is 0 Å². The van der Waals surface area contributed by atoms with E-state index in [-0.39, 0.29) is 17.2 Å². The number of nitriles is 1. The van der Waals surface area contributed by atoms with Crippen molar-refractivity contribution in [2.45, 2.75) is 44.2 Å². The molecule has 2 unspecified atom stereocenters. The van der Waals surface area contributed by atoms with Crippen LogP contribution in [-0.2, 0) is 0 Å². The second kappa shape index (κ2) is 5.67. The van der Waals surface area contributed by atoms with E-state index in [4.69, 9.17) is 22.6 Å². The summed E-state index contributed by atoms with van der Waals surface area (Å²) in [4.78, 5) is 4.59. The molecule has 1 heterocycles. The predicted octanol–water partition coefficient (Wildman–Crippen LogP) is 2.74. The van der Waals surface area contributed by atoms with Crippen LogP contribution in [0.4, 0.5) is 5.13 Å². The summed E-state index contributed by atoms with van der Waals surface area (Å²) >= 11 is 7.13. The topological polar surface area (TPSA) is 74.7 Å². The quantitative estimate of drug-likeness (QED) is 0.811. The van der Waals surface area contributed by atoms with E-state index in [0.29, 0.717) is 10.0 Å². The van der Waals surface area contributed by atoms with Gasteiger partial charge < -0.3 is 11.1 Å². The molecule has 2 atom stereocenters. The highest BCUT2D eigenvalue weighted by Crippen LogP contribution is 2.28. The van der Waals surface area contributed by atoms with Crippen molar-refractivity contribution in [1.29, 1.82) is 5.26 Å². The van der Waals surface area contributed by atoms with Gasteiger partial charge in [0, 0.05) is 12.1 Å². The van der Waals surface area contributed by atoms with Crippen molar-refractivity contribution >= 4 is 28.1 Å². The van der Waals surface area contributed by atoms with E-state index in [1.165, 1.54) is 30.6 Å². The van der Waals surface area contributed by atoms with Crippen molar-refractivity contribution in [3.8, 4) is 6.07 Å². The predicted molar refractivity (Wildman–Crippen MR) is 70.3 cm³/mol. The Morgan fingerprint density at radius 2 is 2.18 bits per heavy atom. The number of hydrogen-bond donors (Lipinski definition) is 2. The molecule has 0 aromatic carbocycles. The Labute approximate surface area is 110 Å². The molecule has 17 heavy (non-hydrogen) atoms. The van der Waals surface area contributed by atoms with E-state index in [0.717, 1.165) is 12.8 Å². The lowest BCUT2D eigenvalue weighted by Gasteiger charge is -2.22. The Balaban J connectivity index is 2.06. The highest BCUT2D eigenvalue weighted by atomic mass is 35.5. The summed E-state index contributed by atoms with van der Waals surface area (Å²) in [6, 6.07) is 2.43. The molecule has 0 amide bonds. The molecule has 6 heteroatoms. The molecule has 0 radical (unpaired) electrons. The first kappa shape index (κ1) is 12.6. The number of rotatable bonds is 2. The fourth-order valence-corrected chi connectivity index (χ4v) is 3.12. The van der Waals surface area contributed by atoms with Gasteiger partial charge in [0.25, 0.3) is 0 Å². The zero-order chi connectivity index (χ0) is 12.3. The number of nitrogens with zero attached hydrogens (tertiary/aromatic N) is 2. The molecular weight excluding hydrogens is 256 g/mol. The van der Waals surface area contributed by atoms with Crippen molar-refractivity contribution in [3.63, 3.8) is 0 Å². The fraction of sp³-hybridized carbons (Fsp3) is 0.636. The van der Waals surface area contributed by atoms with Gasteiger partial charge in [0.2, 0.25) is 0 Å². The second-order valence-electron chi connectivity index (χ2n) is 4.30. The molecule has 0 saturated heterocycles. The number of nitrogens with two attached hydrogens (primary N) is 1. The van der Waals surface area contributed by atoms with Gasteiger partial charge >= 0.3 is 0 Å². The first-order chi connectivity index (χ1) is 8.20. The van der Waals surface area contributed by atoms with Crippen LogP contribution in [-0.4, -0.2) is 17.1 Å². The Hall–Kier alpha value is -0.830. The minimum atomic E-state index is 0.158. The first-order valence-electron chi connectivity index (χ1n) is 5.79. The van der Waals surface area contributed by atoms with Gasteiger partial charge in [0.1, 0.15) is 10.9 Å². The second-order valence-corrected chi connectivity index (χ2v) is 5.66. The molecule has 0 bridgehead atoms. The zero-order valence-electron chi connectivity index (χ0n) is 9.45. The highest BCUT2D eigenvalue weighted by Gasteiger charge is 2.21. The van der Waals surface area contributed by atoms with E-state index in [2.05, 4.69) is 10.3 Å². The lowest BCUT2D eigenvalue weighted by atomic mass is 10.0. The van der Waals surface area contributed by atoms with Crippen LogP contribution >= 0.6 is 22.9 Å². The van der Waals surface area contributed by atoms with Crippen molar-refractivity contribution in [1.82, 2.24) is 4.98 Å². The standard InChI is InChI=1S/C11H15ClN4S/c12-10-9(6-13)17-11(16-10)15-8-5-3-1-2-4-7(8)14/h7-8H,1-5,14H2,(H,15,16). The molecule has 2 rings (SSSR count). The third-order valence-electron chi connectivity index (χ3n) is 3.07. The summed E-state index contributed by atoms with van der Waals surface area (Å²) in [5.74, 6) is 0. The Morgan fingerprint density at radius 1 is 1.41 bits per heavy atom. The maximum absolute atomic E-state index is 8.82. The Bertz CT molecular complexity index is 426. The summed E-state index contributed by atoms with van der Waals surface area (Å²) < 4.78 is 0. The zero-order valence-corrected chi connectivity index (χ0v) is 11.0. The summed E-state index contributed by atoms with van der Waals surface area (Å²) in [7, 11) is 0. The lowest BCUT2D eigenvalue weighted by molar-refractivity contribution is 0.528. The maximum Gasteiger partial charge on any atom is 0.185 e. The van der Waals surface area contributed by atoms with Gasteiger partial charge in [0.15, 0.2) is 10.3 Å². The van der Waals surface area contributed by atoms with E-state index in [1.54, 1.807) is 0 Å². The fourth-order valence-electron chi connectivity index (χ4n) is 2.11. The maximum atomic E-state index is 8.82. The van der Waals surface area contributed by atoms with Crippen LogP contribution in [0.5, 0.6) is 0 Å². The first-order valence-corrected chi connectivity index (χ1v) is 6.98. The molecule has 0 spiro atoms. The summed E-state index contributed by atoms with van der Waals surface area (Å²) in [6.45, 7) is 0. The molecule has 1 aliphatic rings. The van der Waals surface area contributed by atoms with Crippen LogP contribution in [0.3, 0.4) is 0 Å². The Morgan fingerprint density at radius 3 is 2.88 bits per heavy atom. The van der Waals surface area contributed by atoms with Gasteiger partial charge in [-0.15, -0.1) is 0 Å². The van der Waals surface area contributed by atoms with E-state index in [9.17, 15) is 0 Å². The lowest BCUT2D eigenvalue weighted by Crippen LogP contribution is -2.39. The molecule has 1 aromatic rings. The number of hydrogen-bond acceptors (Lipinski definition) is 5. The van der Waals surface area contributed by atoms with Crippen molar-refractivity contribution in [2.75, 3.05) is 5.32 Å². The average molecular weight is 271 g/mol. The van der Waals surface area contributed by atoms with Gasteiger partial charge in [-0.05, 0) is 12.8 Å². The van der Waals surface area contributed by atoms with Crippen LogP contribution in [0.1, 0.15) is 37.0 Å². The van der Waals surface area contributed by atoms with Gasteiger partial charge in [-0.2, -0.15) is 5.26 Å². The summed E-state index contributed by atoms with van der Waals surface area (Å²) in [5.41, 5.74) is 6.12. The van der Waals surface area contributed by atoms with Crippen LogP contribution < -0.4 is 11.1 Å². The van der Waals surface area contributed by atoms with Crippen LogP contribution in [0, 0.1) is 11.3 Å². The van der Waals surface area contributed by atoms with Crippen molar-refractivity contribution in [2.24, 2.45) is 5.73 Å². The minimum absolute atomic E-state index is 0.158. The Kier molecular flexibility index (Phi) is 4.21. The average Bonchev–Trinajstić information content (AvgIpc) is 2.54. The largest absolute Gasteiger partial charge is 0.357 e. The van der Waals surface area contributed by atoms with Gasteiger partial charge in [-0.1, -0.05) is 42.2 Å². The highest BCUT2D eigenvalue weighted by molar-refractivity contribution is 7.16. The summed E-state index contributed by atoms with van der Waals surface area (Å²) in [5, 5.41) is 13.1. The monoisotopic (exact) mass is 270 g/mol. The van der Waals surface area contributed by atoms with Crippen LogP contribution in [0.25, 0.3) is 0 Å². The smallest absolute Gasteiger partial charge is 0.185 e. The van der Waals surface area contributed by atoms with Crippen molar-refractivity contribution in [3.05, 3.63) is 10.0 Å². The molecule has 0 aliphatic heterocycles. The third kappa shape index (κ3) is 3.09.